The summed E-state index contributed by atoms with van der Waals surface area (Å²) in [6.45, 7) is 2.95. The summed E-state index contributed by atoms with van der Waals surface area (Å²) >= 11 is 1.65. The maximum absolute atomic E-state index is 13.1. The van der Waals surface area contributed by atoms with E-state index in [4.69, 9.17) is 4.74 Å². The lowest BCUT2D eigenvalue weighted by Gasteiger charge is -2.23. The Bertz CT molecular complexity index is 806. The second-order valence-electron chi connectivity index (χ2n) is 6.49. The van der Waals surface area contributed by atoms with Crippen LogP contribution < -0.4 is 4.90 Å². The van der Waals surface area contributed by atoms with E-state index in [1.807, 2.05) is 54.3 Å². The molecule has 3 rings (SSSR count). The maximum atomic E-state index is 13.1. The first-order chi connectivity index (χ1) is 13.2. The van der Waals surface area contributed by atoms with E-state index in [9.17, 15) is 9.59 Å². The van der Waals surface area contributed by atoms with Gasteiger partial charge in [0.15, 0.2) is 0 Å². The first-order valence-electron chi connectivity index (χ1n) is 9.54. The highest BCUT2D eigenvalue weighted by Gasteiger charge is 2.26. The minimum Gasteiger partial charge on any atom is -0.466 e. The molecular weight excluding hydrogens is 358 g/mol. The monoisotopic (exact) mass is 383 g/mol. The third kappa shape index (κ3) is 4.92. The van der Waals surface area contributed by atoms with Crippen molar-refractivity contribution in [3.63, 3.8) is 0 Å². The molecule has 2 aromatic carbocycles. The quantitative estimate of drug-likeness (QED) is 0.458. The van der Waals surface area contributed by atoms with Gasteiger partial charge in [0, 0.05) is 22.8 Å². The molecule has 0 saturated heterocycles. The summed E-state index contributed by atoms with van der Waals surface area (Å²) in [6, 6.07) is 15.9. The normalized spacial score (nSPS) is 12.9. The Morgan fingerprint density at radius 2 is 1.67 bits per heavy atom. The molecule has 0 unspecified atom stereocenters. The number of hydrogen-bond acceptors (Lipinski definition) is 4. The van der Waals surface area contributed by atoms with Crippen molar-refractivity contribution < 1.29 is 14.3 Å². The summed E-state index contributed by atoms with van der Waals surface area (Å²) in [4.78, 5) is 28.5. The molecule has 1 aliphatic heterocycles. The van der Waals surface area contributed by atoms with Crippen LogP contribution in [-0.2, 0) is 9.53 Å². The van der Waals surface area contributed by atoms with E-state index >= 15 is 0 Å². The van der Waals surface area contributed by atoms with E-state index in [1.54, 1.807) is 11.8 Å². The zero-order valence-corrected chi connectivity index (χ0v) is 16.5. The van der Waals surface area contributed by atoms with Crippen molar-refractivity contribution in [1.29, 1.82) is 0 Å². The maximum Gasteiger partial charge on any atom is 0.305 e. The Hall–Kier alpha value is -2.27. The van der Waals surface area contributed by atoms with Gasteiger partial charge in [-0.3, -0.25) is 9.59 Å². The second-order valence-corrected chi connectivity index (χ2v) is 7.58. The third-order valence-corrected chi connectivity index (χ3v) is 5.70. The summed E-state index contributed by atoms with van der Waals surface area (Å²) in [6.07, 6.45) is 4.18. The van der Waals surface area contributed by atoms with Crippen molar-refractivity contribution in [2.75, 3.05) is 18.1 Å². The first-order valence-corrected chi connectivity index (χ1v) is 10.4. The standard InChI is InChI=1S/C22H25NO3S/c1-2-26-21(24)15-5-3-4-10-16-23-18-12-7-9-14-20(18)27-19-13-8-6-11-17(19)22(23)25/h6-9,11-14H,2-5,10,15-16H2,1H3. The number of anilines is 1. The van der Waals surface area contributed by atoms with Crippen molar-refractivity contribution in [3.05, 3.63) is 54.1 Å². The third-order valence-electron chi connectivity index (χ3n) is 4.56. The van der Waals surface area contributed by atoms with Gasteiger partial charge in [-0.25, -0.2) is 0 Å². The fourth-order valence-electron chi connectivity index (χ4n) is 3.22. The van der Waals surface area contributed by atoms with E-state index < -0.39 is 0 Å². The molecule has 2 aromatic rings. The summed E-state index contributed by atoms with van der Waals surface area (Å²) in [5.41, 5.74) is 1.75. The molecular formula is C22H25NO3S. The van der Waals surface area contributed by atoms with Crippen molar-refractivity contribution in [2.24, 2.45) is 0 Å². The van der Waals surface area contributed by atoms with Crippen molar-refractivity contribution >= 4 is 29.3 Å². The largest absolute Gasteiger partial charge is 0.466 e. The van der Waals surface area contributed by atoms with E-state index in [1.165, 1.54) is 0 Å². The average molecular weight is 384 g/mol. The van der Waals surface area contributed by atoms with Crippen LogP contribution in [0.5, 0.6) is 0 Å². The number of carbonyl (C=O) groups is 2. The number of ether oxygens (including phenoxy) is 1. The summed E-state index contributed by atoms with van der Waals surface area (Å²) in [7, 11) is 0. The molecule has 4 nitrogen and oxygen atoms in total. The number of esters is 1. The number of fused-ring (bicyclic) bond motifs is 2. The number of unbranched alkanes of at least 4 members (excludes halogenated alkanes) is 3. The van der Waals surface area contributed by atoms with Crippen molar-refractivity contribution in [1.82, 2.24) is 0 Å². The first kappa shape index (κ1) is 19.5. The molecule has 1 aliphatic rings. The van der Waals surface area contributed by atoms with Gasteiger partial charge in [-0.2, -0.15) is 0 Å². The fraction of sp³-hybridized carbons (Fsp3) is 0.364. The highest BCUT2D eigenvalue weighted by atomic mass is 32.2. The molecule has 0 bridgehead atoms. The van der Waals surface area contributed by atoms with Crippen molar-refractivity contribution in [3.8, 4) is 0 Å². The van der Waals surface area contributed by atoms with Crippen LogP contribution in [0.1, 0.15) is 49.4 Å². The van der Waals surface area contributed by atoms with E-state index in [-0.39, 0.29) is 11.9 Å². The topological polar surface area (TPSA) is 46.6 Å². The van der Waals surface area contributed by atoms with Gasteiger partial charge in [0.2, 0.25) is 0 Å². The van der Waals surface area contributed by atoms with Gasteiger partial charge in [0.25, 0.3) is 5.91 Å². The zero-order chi connectivity index (χ0) is 19.1. The molecule has 5 heteroatoms. The van der Waals surface area contributed by atoms with Gasteiger partial charge in [0.1, 0.15) is 0 Å². The van der Waals surface area contributed by atoms with Crippen LogP contribution in [-0.4, -0.2) is 25.0 Å². The molecule has 0 radical (unpaired) electrons. The Balaban J connectivity index is 1.62. The molecule has 142 valence electrons. The van der Waals surface area contributed by atoms with Gasteiger partial charge in [-0.15, -0.1) is 0 Å². The summed E-state index contributed by atoms with van der Waals surface area (Å²) in [5.74, 6) is -0.0580. The van der Waals surface area contributed by atoms with Gasteiger partial charge in [-0.1, -0.05) is 48.9 Å². The minimum absolute atomic E-state index is 0.0644. The molecule has 0 saturated carbocycles. The lowest BCUT2D eigenvalue weighted by Crippen LogP contribution is -2.31. The van der Waals surface area contributed by atoms with Crippen LogP contribution in [0.4, 0.5) is 5.69 Å². The SMILES string of the molecule is CCOC(=O)CCCCCCN1C(=O)c2ccccc2Sc2ccccc21. The van der Waals surface area contributed by atoms with E-state index in [0.29, 0.717) is 19.6 Å². The summed E-state index contributed by atoms with van der Waals surface area (Å²) in [5, 5.41) is 0. The number of hydrogen-bond donors (Lipinski definition) is 0. The van der Waals surface area contributed by atoms with Crippen LogP contribution in [0, 0.1) is 0 Å². The molecule has 27 heavy (non-hydrogen) atoms. The molecule has 1 heterocycles. The smallest absolute Gasteiger partial charge is 0.305 e. The Labute approximate surface area is 164 Å². The molecule has 0 aliphatic carbocycles. The number of nitrogens with zero attached hydrogens (tertiary/aromatic N) is 1. The molecule has 0 aromatic heterocycles. The number of para-hydroxylation sites is 1. The predicted molar refractivity (Wildman–Crippen MR) is 108 cm³/mol. The molecule has 0 fully saturated rings. The van der Waals surface area contributed by atoms with Gasteiger partial charge < -0.3 is 9.64 Å². The van der Waals surface area contributed by atoms with Crippen LogP contribution in [0.3, 0.4) is 0 Å². The Morgan fingerprint density at radius 1 is 0.963 bits per heavy atom. The van der Waals surface area contributed by atoms with E-state index in [0.717, 1.165) is 46.7 Å². The van der Waals surface area contributed by atoms with Crippen LogP contribution >= 0.6 is 11.8 Å². The average Bonchev–Trinajstić information content (AvgIpc) is 2.79. The van der Waals surface area contributed by atoms with Crippen LogP contribution in [0.25, 0.3) is 0 Å². The minimum atomic E-state index is -0.122. The van der Waals surface area contributed by atoms with Crippen molar-refractivity contribution in [2.45, 2.75) is 48.8 Å². The molecule has 0 spiro atoms. The van der Waals surface area contributed by atoms with E-state index in [2.05, 4.69) is 6.07 Å². The zero-order valence-electron chi connectivity index (χ0n) is 15.6. The lowest BCUT2D eigenvalue weighted by molar-refractivity contribution is -0.143. The number of benzene rings is 2. The lowest BCUT2D eigenvalue weighted by atomic mass is 10.1. The highest BCUT2D eigenvalue weighted by molar-refractivity contribution is 7.99. The molecule has 1 amide bonds. The molecule has 0 N–H and O–H groups in total. The van der Waals surface area contributed by atoms with Gasteiger partial charge >= 0.3 is 5.97 Å². The van der Waals surface area contributed by atoms with Crippen LogP contribution in [0.15, 0.2) is 58.3 Å². The Morgan fingerprint density at radius 3 is 2.48 bits per heavy atom. The Kier molecular flexibility index (Phi) is 6.93. The second kappa shape index (κ2) is 9.60. The number of carbonyl (C=O) groups excluding carboxylic acids is 2. The molecule has 0 atom stereocenters. The predicted octanol–water partition coefficient (Wildman–Crippen LogP) is 5.31. The number of rotatable bonds is 8. The number of amides is 1. The van der Waals surface area contributed by atoms with Gasteiger partial charge in [0.05, 0.1) is 17.9 Å². The highest BCUT2D eigenvalue weighted by Crippen LogP contribution is 2.41. The summed E-state index contributed by atoms with van der Waals surface area (Å²) < 4.78 is 4.95. The van der Waals surface area contributed by atoms with Gasteiger partial charge in [-0.05, 0) is 44.0 Å². The fourth-order valence-corrected chi connectivity index (χ4v) is 4.30. The van der Waals surface area contributed by atoms with Crippen LogP contribution in [0.2, 0.25) is 0 Å².